The molecule has 0 unspecified atom stereocenters. The molecule has 35 heavy (non-hydrogen) atoms. The van der Waals surface area contributed by atoms with Gasteiger partial charge in [-0.1, -0.05) is 30.3 Å². The second-order valence-electron chi connectivity index (χ2n) is 8.13. The van der Waals surface area contributed by atoms with Crippen LogP contribution in [0.15, 0.2) is 60.0 Å². The van der Waals surface area contributed by atoms with Gasteiger partial charge in [-0.2, -0.15) is 0 Å². The van der Waals surface area contributed by atoms with E-state index in [1.54, 1.807) is 41.8 Å². The summed E-state index contributed by atoms with van der Waals surface area (Å²) in [5, 5.41) is 2.49. The lowest BCUT2D eigenvalue weighted by Crippen LogP contribution is -2.44. The van der Waals surface area contributed by atoms with Crippen molar-refractivity contribution < 1.29 is 23.5 Å². The van der Waals surface area contributed by atoms with Crippen LogP contribution in [0.25, 0.3) is 0 Å². The van der Waals surface area contributed by atoms with Crippen molar-refractivity contribution in [1.82, 2.24) is 20.7 Å². The van der Waals surface area contributed by atoms with Crippen LogP contribution in [0.2, 0.25) is 0 Å². The highest BCUT2D eigenvalue weighted by Crippen LogP contribution is 2.30. The molecule has 3 aromatic rings. The molecular weight excluding hydrogens is 471 g/mol. The van der Waals surface area contributed by atoms with E-state index in [4.69, 9.17) is 4.74 Å². The molecule has 0 radical (unpaired) electrons. The molecule has 0 aliphatic carbocycles. The van der Waals surface area contributed by atoms with Crippen LogP contribution in [0.4, 0.5) is 4.39 Å². The quantitative estimate of drug-likeness (QED) is 0.490. The van der Waals surface area contributed by atoms with E-state index >= 15 is 0 Å². The van der Waals surface area contributed by atoms with Crippen LogP contribution < -0.4 is 15.6 Å². The average Bonchev–Trinajstić information content (AvgIpc) is 3.39. The molecular formula is C25H25FN4O4S. The van der Waals surface area contributed by atoms with E-state index in [0.29, 0.717) is 18.8 Å². The molecule has 0 saturated carbocycles. The van der Waals surface area contributed by atoms with E-state index in [1.807, 2.05) is 11.0 Å². The number of nitrogens with one attached hydrogen (secondary N) is 2. The number of benzene rings is 2. The number of halogens is 1. The van der Waals surface area contributed by atoms with Crippen molar-refractivity contribution in [2.75, 3.05) is 19.7 Å². The van der Waals surface area contributed by atoms with E-state index in [2.05, 4.69) is 15.8 Å². The van der Waals surface area contributed by atoms with Gasteiger partial charge in [0.05, 0.1) is 11.4 Å². The Labute approximate surface area is 206 Å². The number of nitrogens with zero attached hydrogens (tertiary/aromatic N) is 2. The van der Waals surface area contributed by atoms with Gasteiger partial charge in [-0.25, -0.2) is 9.37 Å². The predicted molar refractivity (Wildman–Crippen MR) is 128 cm³/mol. The molecule has 182 valence electrons. The van der Waals surface area contributed by atoms with Gasteiger partial charge in [0.1, 0.15) is 17.3 Å². The van der Waals surface area contributed by atoms with Gasteiger partial charge in [0.25, 0.3) is 11.8 Å². The first-order valence-corrected chi connectivity index (χ1v) is 12.1. The van der Waals surface area contributed by atoms with Gasteiger partial charge in [0.2, 0.25) is 5.91 Å². The Bertz CT molecular complexity index is 1160. The molecule has 4 rings (SSSR count). The van der Waals surface area contributed by atoms with Crippen molar-refractivity contribution in [2.24, 2.45) is 0 Å². The minimum Gasteiger partial charge on any atom is -0.484 e. The number of carbonyl (C=O) groups is 3. The topological polar surface area (TPSA) is 101 Å². The fourth-order valence-corrected chi connectivity index (χ4v) is 4.71. The number of rotatable bonds is 7. The highest BCUT2D eigenvalue weighted by Gasteiger charge is 2.26. The molecule has 1 saturated heterocycles. The first kappa shape index (κ1) is 24.3. The standard InChI is InChI=1S/C25H25FN4O4S/c26-19-8-6-17(7-9-19)14-23(32)30-12-10-18(11-13-30)25-27-21(16-35-25)24(33)29-28-22(31)15-34-20-4-2-1-3-5-20/h1-9,16,18H,10-15H2,(H,28,31)(H,29,33). The molecule has 1 fully saturated rings. The fourth-order valence-electron chi connectivity index (χ4n) is 3.74. The molecule has 0 spiro atoms. The lowest BCUT2D eigenvalue weighted by molar-refractivity contribution is -0.131. The highest BCUT2D eigenvalue weighted by atomic mass is 32.1. The average molecular weight is 497 g/mol. The number of hydrogen-bond donors (Lipinski definition) is 2. The molecule has 10 heteroatoms. The van der Waals surface area contributed by atoms with Crippen molar-refractivity contribution >= 4 is 29.1 Å². The Morgan fingerprint density at radius 1 is 1.03 bits per heavy atom. The third kappa shape index (κ3) is 6.86. The van der Waals surface area contributed by atoms with E-state index in [-0.39, 0.29) is 36.4 Å². The van der Waals surface area contributed by atoms with Crippen molar-refractivity contribution in [3.05, 3.63) is 82.1 Å². The maximum absolute atomic E-state index is 13.1. The van der Waals surface area contributed by atoms with Crippen molar-refractivity contribution in [3.63, 3.8) is 0 Å². The van der Waals surface area contributed by atoms with Crippen LogP contribution in [-0.2, 0) is 16.0 Å². The zero-order chi connectivity index (χ0) is 24.6. The molecule has 3 amide bonds. The SMILES string of the molecule is O=C(COc1ccccc1)NNC(=O)c1csc(C2CCN(C(=O)Cc3ccc(F)cc3)CC2)n1. The van der Waals surface area contributed by atoms with E-state index < -0.39 is 11.8 Å². The lowest BCUT2D eigenvalue weighted by Gasteiger charge is -2.31. The molecule has 8 nitrogen and oxygen atoms in total. The summed E-state index contributed by atoms with van der Waals surface area (Å²) in [4.78, 5) is 43.1. The summed E-state index contributed by atoms with van der Waals surface area (Å²) in [5.41, 5.74) is 5.68. The molecule has 0 atom stereocenters. The number of para-hydroxylation sites is 1. The molecule has 1 aliphatic rings. The number of piperidine rings is 1. The van der Waals surface area contributed by atoms with Gasteiger partial charge >= 0.3 is 0 Å². The summed E-state index contributed by atoms with van der Waals surface area (Å²) in [5.74, 6) is -0.589. The van der Waals surface area contributed by atoms with Gasteiger partial charge in [0.15, 0.2) is 6.61 Å². The second kappa shape index (κ2) is 11.6. The van der Waals surface area contributed by atoms with Crippen LogP contribution in [-0.4, -0.2) is 47.3 Å². The Morgan fingerprint density at radius 2 is 1.74 bits per heavy atom. The molecule has 2 N–H and O–H groups in total. The summed E-state index contributed by atoms with van der Waals surface area (Å²) in [6, 6.07) is 14.9. The zero-order valence-electron chi connectivity index (χ0n) is 18.9. The zero-order valence-corrected chi connectivity index (χ0v) is 19.7. The first-order valence-electron chi connectivity index (χ1n) is 11.2. The van der Waals surface area contributed by atoms with Gasteiger partial charge in [0, 0.05) is 24.4 Å². The number of carbonyl (C=O) groups excluding carboxylic acids is 3. The lowest BCUT2D eigenvalue weighted by atomic mass is 9.97. The second-order valence-corrected chi connectivity index (χ2v) is 9.02. The first-order chi connectivity index (χ1) is 17.0. The Hall–Kier alpha value is -3.79. The number of likely N-dealkylation sites (tertiary alicyclic amines) is 1. The van der Waals surface area contributed by atoms with Crippen molar-refractivity contribution in [2.45, 2.75) is 25.2 Å². The largest absolute Gasteiger partial charge is 0.484 e. The summed E-state index contributed by atoms with van der Waals surface area (Å²) >= 11 is 1.39. The third-order valence-electron chi connectivity index (χ3n) is 5.65. The number of aromatic nitrogens is 1. The van der Waals surface area contributed by atoms with Gasteiger partial charge in [-0.15, -0.1) is 11.3 Å². The summed E-state index contributed by atoms with van der Waals surface area (Å²) < 4.78 is 18.4. The Kier molecular flexibility index (Phi) is 8.04. The fraction of sp³-hybridized carbons (Fsp3) is 0.280. The molecule has 2 aromatic carbocycles. The van der Waals surface area contributed by atoms with Gasteiger partial charge < -0.3 is 9.64 Å². The van der Waals surface area contributed by atoms with E-state index in [0.717, 1.165) is 23.4 Å². The van der Waals surface area contributed by atoms with Gasteiger partial charge in [-0.3, -0.25) is 25.2 Å². The monoisotopic (exact) mass is 496 g/mol. The molecule has 1 aromatic heterocycles. The number of amides is 3. The highest BCUT2D eigenvalue weighted by molar-refractivity contribution is 7.09. The Morgan fingerprint density at radius 3 is 2.46 bits per heavy atom. The predicted octanol–water partition coefficient (Wildman–Crippen LogP) is 3.07. The normalized spacial score (nSPS) is 13.8. The molecule has 2 heterocycles. The van der Waals surface area contributed by atoms with Crippen LogP contribution in [0, 0.1) is 5.82 Å². The number of thiazole rings is 1. The van der Waals surface area contributed by atoms with Crippen LogP contribution in [0.1, 0.15) is 39.8 Å². The minimum atomic E-state index is -0.507. The van der Waals surface area contributed by atoms with Crippen molar-refractivity contribution in [1.29, 1.82) is 0 Å². The maximum atomic E-state index is 13.1. The van der Waals surface area contributed by atoms with Crippen LogP contribution >= 0.6 is 11.3 Å². The number of hydrazine groups is 1. The van der Waals surface area contributed by atoms with Crippen molar-refractivity contribution in [3.8, 4) is 5.75 Å². The van der Waals surface area contributed by atoms with Crippen LogP contribution in [0.5, 0.6) is 5.75 Å². The molecule has 1 aliphatic heterocycles. The van der Waals surface area contributed by atoms with E-state index in [1.165, 1.54) is 23.5 Å². The maximum Gasteiger partial charge on any atom is 0.289 e. The van der Waals surface area contributed by atoms with Crippen LogP contribution in [0.3, 0.4) is 0 Å². The van der Waals surface area contributed by atoms with E-state index in [9.17, 15) is 18.8 Å². The Balaban J connectivity index is 1.20. The summed E-state index contributed by atoms with van der Waals surface area (Å²) in [6.45, 7) is 0.970. The molecule has 0 bridgehead atoms. The minimum absolute atomic E-state index is 0.0150. The summed E-state index contributed by atoms with van der Waals surface area (Å²) in [6.07, 6.45) is 1.74. The third-order valence-corrected chi connectivity index (χ3v) is 6.66. The smallest absolute Gasteiger partial charge is 0.289 e. The number of hydrogen-bond acceptors (Lipinski definition) is 6. The van der Waals surface area contributed by atoms with Gasteiger partial charge in [-0.05, 0) is 42.7 Å². The summed E-state index contributed by atoms with van der Waals surface area (Å²) in [7, 11) is 0. The number of ether oxygens (including phenoxy) is 1.